The normalized spacial score (nSPS) is 21.9. The molecule has 1 amide bonds. The molecule has 1 aromatic carbocycles. The van der Waals surface area contributed by atoms with Gasteiger partial charge in [0.15, 0.2) is 0 Å². The van der Waals surface area contributed by atoms with Crippen molar-refractivity contribution in [2.24, 2.45) is 17.1 Å². The lowest BCUT2D eigenvalue weighted by molar-refractivity contribution is -0.123. The summed E-state index contributed by atoms with van der Waals surface area (Å²) in [6, 6.07) is 8.42. The van der Waals surface area contributed by atoms with Crippen LogP contribution >= 0.6 is 0 Å². The molecule has 1 fully saturated rings. The number of para-hydroxylation sites is 1. The highest BCUT2D eigenvalue weighted by molar-refractivity contribution is 7.89. The molecule has 0 radical (unpaired) electrons. The van der Waals surface area contributed by atoms with Crippen LogP contribution in [0.15, 0.2) is 47.6 Å². The van der Waals surface area contributed by atoms with E-state index in [1.165, 1.54) is 21.4 Å². The highest BCUT2D eigenvalue weighted by atomic mass is 32.2. The second kappa shape index (κ2) is 7.09. The summed E-state index contributed by atoms with van der Waals surface area (Å²) in [5, 5.41) is 4.17. The third-order valence-electron chi connectivity index (χ3n) is 5.29. The van der Waals surface area contributed by atoms with E-state index in [1.807, 2.05) is 30.3 Å². The Morgan fingerprint density at radius 1 is 1.22 bits per heavy atom. The summed E-state index contributed by atoms with van der Waals surface area (Å²) >= 11 is 0. The zero-order chi connectivity index (χ0) is 19.8. The van der Waals surface area contributed by atoms with E-state index in [0.29, 0.717) is 12.8 Å². The van der Waals surface area contributed by atoms with Gasteiger partial charge in [0.25, 0.3) is 0 Å². The Morgan fingerprint density at radius 2 is 1.89 bits per heavy atom. The first-order chi connectivity index (χ1) is 12.6. The maximum absolute atomic E-state index is 13.2. The van der Waals surface area contributed by atoms with Crippen LogP contribution in [0.2, 0.25) is 0 Å². The van der Waals surface area contributed by atoms with Crippen molar-refractivity contribution in [3.05, 3.63) is 42.7 Å². The van der Waals surface area contributed by atoms with Gasteiger partial charge in [-0.2, -0.15) is 9.40 Å². The van der Waals surface area contributed by atoms with Gasteiger partial charge in [-0.3, -0.25) is 4.79 Å². The number of aromatic nitrogens is 2. The van der Waals surface area contributed by atoms with Gasteiger partial charge < -0.3 is 5.73 Å². The summed E-state index contributed by atoms with van der Waals surface area (Å²) in [5.41, 5.74) is 6.32. The maximum atomic E-state index is 13.2. The third kappa shape index (κ3) is 3.91. The predicted molar refractivity (Wildman–Crippen MR) is 103 cm³/mol. The molecule has 2 aromatic rings. The van der Waals surface area contributed by atoms with E-state index in [-0.39, 0.29) is 22.8 Å². The SMILES string of the molecule is CC(C)(C)[C@@H]1CCN(S(=O)(=O)c2cnn(-c3ccccc3)c2)[C@H](C(N)=O)C1. The first-order valence-electron chi connectivity index (χ1n) is 9.02. The van der Waals surface area contributed by atoms with Crippen LogP contribution in [0.1, 0.15) is 33.6 Å². The summed E-state index contributed by atoms with van der Waals surface area (Å²) in [5.74, 6) is -0.378. The minimum absolute atomic E-state index is 0.0122. The van der Waals surface area contributed by atoms with Crippen molar-refractivity contribution in [1.82, 2.24) is 14.1 Å². The number of amides is 1. The van der Waals surface area contributed by atoms with E-state index < -0.39 is 22.0 Å². The molecule has 1 saturated heterocycles. The Hall–Kier alpha value is -2.19. The molecule has 2 N–H and O–H groups in total. The van der Waals surface area contributed by atoms with Crippen molar-refractivity contribution in [1.29, 1.82) is 0 Å². The fourth-order valence-electron chi connectivity index (χ4n) is 3.57. The summed E-state index contributed by atoms with van der Waals surface area (Å²) in [6.45, 7) is 6.58. The van der Waals surface area contributed by atoms with E-state index >= 15 is 0 Å². The monoisotopic (exact) mass is 390 g/mol. The molecule has 146 valence electrons. The fourth-order valence-corrected chi connectivity index (χ4v) is 5.13. The van der Waals surface area contributed by atoms with E-state index in [0.717, 1.165) is 5.69 Å². The van der Waals surface area contributed by atoms with Gasteiger partial charge in [0.1, 0.15) is 10.9 Å². The number of primary amides is 1. The molecule has 2 atom stereocenters. The van der Waals surface area contributed by atoms with Crippen molar-refractivity contribution < 1.29 is 13.2 Å². The fraction of sp³-hybridized carbons (Fsp3) is 0.474. The number of nitrogens with zero attached hydrogens (tertiary/aromatic N) is 3. The number of rotatable bonds is 4. The van der Waals surface area contributed by atoms with Gasteiger partial charge in [-0.05, 0) is 36.3 Å². The van der Waals surface area contributed by atoms with Crippen LogP contribution in [0.5, 0.6) is 0 Å². The van der Waals surface area contributed by atoms with Crippen LogP contribution in [-0.4, -0.2) is 41.0 Å². The largest absolute Gasteiger partial charge is 0.368 e. The van der Waals surface area contributed by atoms with Crippen LogP contribution in [0.4, 0.5) is 0 Å². The number of nitrogens with two attached hydrogens (primary N) is 1. The summed E-state index contributed by atoms with van der Waals surface area (Å²) in [7, 11) is -3.86. The molecule has 1 aromatic heterocycles. The molecular weight excluding hydrogens is 364 g/mol. The lowest BCUT2D eigenvalue weighted by Crippen LogP contribution is -2.53. The molecular formula is C19H26N4O3S. The molecule has 27 heavy (non-hydrogen) atoms. The number of carbonyl (C=O) groups is 1. The Kier molecular flexibility index (Phi) is 5.14. The van der Waals surface area contributed by atoms with Crippen LogP contribution in [0.25, 0.3) is 5.69 Å². The highest BCUT2D eigenvalue weighted by Gasteiger charge is 2.43. The van der Waals surface area contributed by atoms with Gasteiger partial charge >= 0.3 is 0 Å². The van der Waals surface area contributed by atoms with Crippen LogP contribution in [0.3, 0.4) is 0 Å². The summed E-state index contributed by atoms with van der Waals surface area (Å²) in [4.78, 5) is 12.1. The topological polar surface area (TPSA) is 98.3 Å². The predicted octanol–water partition coefficient (Wildman–Crippen LogP) is 2.17. The lowest BCUT2D eigenvalue weighted by atomic mass is 9.73. The Bertz CT molecular complexity index is 916. The molecule has 1 aliphatic rings. The molecule has 0 bridgehead atoms. The van der Waals surface area contributed by atoms with Crippen molar-refractivity contribution in [2.75, 3.05) is 6.54 Å². The molecule has 2 heterocycles. The molecule has 0 unspecified atom stereocenters. The molecule has 8 heteroatoms. The number of benzene rings is 1. The van der Waals surface area contributed by atoms with E-state index in [4.69, 9.17) is 5.73 Å². The van der Waals surface area contributed by atoms with Gasteiger partial charge in [0.05, 0.1) is 18.1 Å². The molecule has 3 rings (SSSR count). The van der Waals surface area contributed by atoms with Gasteiger partial charge in [-0.1, -0.05) is 39.0 Å². The second-order valence-electron chi connectivity index (χ2n) is 8.08. The van der Waals surface area contributed by atoms with Gasteiger partial charge in [-0.15, -0.1) is 0 Å². The second-order valence-corrected chi connectivity index (χ2v) is 9.97. The van der Waals surface area contributed by atoms with Crippen molar-refractivity contribution in [2.45, 2.75) is 44.6 Å². The van der Waals surface area contributed by atoms with E-state index in [9.17, 15) is 13.2 Å². The Balaban J connectivity index is 1.90. The average molecular weight is 391 g/mol. The van der Waals surface area contributed by atoms with Gasteiger partial charge in [0, 0.05) is 6.54 Å². The minimum atomic E-state index is -3.86. The van der Waals surface area contributed by atoms with Crippen molar-refractivity contribution in [3.8, 4) is 5.69 Å². The molecule has 0 spiro atoms. The first kappa shape index (κ1) is 19.6. The van der Waals surface area contributed by atoms with Crippen LogP contribution in [-0.2, 0) is 14.8 Å². The maximum Gasteiger partial charge on any atom is 0.246 e. The Morgan fingerprint density at radius 3 is 2.48 bits per heavy atom. The minimum Gasteiger partial charge on any atom is -0.368 e. The molecule has 0 aliphatic carbocycles. The van der Waals surface area contributed by atoms with Crippen molar-refractivity contribution in [3.63, 3.8) is 0 Å². The standard InChI is InChI=1S/C19H26N4O3S/c1-19(2,3)14-9-10-23(17(11-14)18(20)24)27(25,26)16-12-21-22(13-16)15-7-5-4-6-8-15/h4-8,12-14,17H,9-11H2,1-3H3,(H2,20,24)/t14-,17+/m1/s1. The number of sulfonamides is 1. The zero-order valence-corrected chi connectivity index (χ0v) is 16.7. The Labute approximate surface area is 160 Å². The van der Waals surface area contributed by atoms with Gasteiger partial charge in [-0.25, -0.2) is 13.1 Å². The smallest absolute Gasteiger partial charge is 0.246 e. The van der Waals surface area contributed by atoms with E-state index in [1.54, 1.807) is 0 Å². The highest BCUT2D eigenvalue weighted by Crippen LogP contribution is 2.38. The molecule has 0 saturated carbocycles. The first-order valence-corrected chi connectivity index (χ1v) is 10.5. The molecule has 1 aliphatic heterocycles. The molecule has 7 nitrogen and oxygen atoms in total. The third-order valence-corrected chi connectivity index (χ3v) is 7.15. The van der Waals surface area contributed by atoms with Crippen LogP contribution < -0.4 is 5.73 Å². The van der Waals surface area contributed by atoms with E-state index in [2.05, 4.69) is 25.9 Å². The van der Waals surface area contributed by atoms with Gasteiger partial charge in [0.2, 0.25) is 15.9 Å². The number of hydrogen-bond donors (Lipinski definition) is 1. The number of hydrogen-bond acceptors (Lipinski definition) is 4. The summed E-state index contributed by atoms with van der Waals surface area (Å²) < 4.78 is 29.1. The zero-order valence-electron chi connectivity index (χ0n) is 15.9. The van der Waals surface area contributed by atoms with Crippen LogP contribution in [0, 0.1) is 11.3 Å². The van der Waals surface area contributed by atoms with Crippen molar-refractivity contribution >= 4 is 15.9 Å². The number of carbonyl (C=O) groups excluding carboxylic acids is 1. The lowest BCUT2D eigenvalue weighted by Gasteiger charge is -2.41. The summed E-state index contributed by atoms with van der Waals surface area (Å²) in [6.07, 6.45) is 3.92. The number of piperidine rings is 1. The average Bonchev–Trinajstić information content (AvgIpc) is 3.12. The quantitative estimate of drug-likeness (QED) is 0.865.